The summed E-state index contributed by atoms with van der Waals surface area (Å²) in [6.07, 6.45) is 0.576. The number of carbonyl (C=O) groups is 1. The fourth-order valence-electron chi connectivity index (χ4n) is 3.19. The topological polar surface area (TPSA) is 58.2 Å². The van der Waals surface area contributed by atoms with E-state index < -0.39 is 5.60 Å². The first kappa shape index (κ1) is 17.3. The molecule has 130 valence electrons. The molecule has 24 heavy (non-hydrogen) atoms. The normalized spacial score (nSPS) is 20.6. The molecule has 1 saturated heterocycles. The number of nitrogens with one attached hydrogen (secondary N) is 1. The summed E-state index contributed by atoms with van der Waals surface area (Å²) >= 11 is 3.48. The number of halogens is 1. The van der Waals surface area contributed by atoms with Crippen LogP contribution in [0.4, 0.5) is 4.79 Å². The lowest BCUT2D eigenvalue weighted by Gasteiger charge is -2.28. The van der Waals surface area contributed by atoms with Gasteiger partial charge in [0.25, 0.3) is 0 Å². The molecule has 2 aromatic rings. The maximum Gasteiger partial charge on any atom is 0.410 e. The third-order valence-corrected chi connectivity index (χ3v) is 4.62. The highest BCUT2D eigenvalue weighted by molar-refractivity contribution is 9.10. The van der Waals surface area contributed by atoms with Gasteiger partial charge in [0, 0.05) is 11.0 Å². The van der Waals surface area contributed by atoms with Gasteiger partial charge in [0.05, 0.1) is 17.1 Å². The van der Waals surface area contributed by atoms with E-state index in [1.807, 2.05) is 39.0 Å². The van der Waals surface area contributed by atoms with Crippen LogP contribution in [0.5, 0.6) is 0 Å². The Balaban J connectivity index is 1.94. The van der Waals surface area contributed by atoms with Crippen molar-refractivity contribution in [3.63, 3.8) is 0 Å². The minimum absolute atomic E-state index is 0.0289. The van der Waals surface area contributed by atoms with Crippen molar-refractivity contribution in [2.75, 3.05) is 6.54 Å². The Bertz CT molecular complexity index is 776. The maximum absolute atomic E-state index is 12.7. The van der Waals surface area contributed by atoms with Crippen molar-refractivity contribution in [2.45, 2.75) is 52.7 Å². The molecule has 6 heteroatoms. The number of H-pyrrole nitrogens is 1. The Labute approximate surface area is 150 Å². The predicted octanol–water partition coefficient (Wildman–Crippen LogP) is 5.03. The van der Waals surface area contributed by atoms with Crippen molar-refractivity contribution in [2.24, 2.45) is 5.41 Å². The second kappa shape index (κ2) is 5.76. The molecule has 1 fully saturated rings. The predicted molar refractivity (Wildman–Crippen MR) is 97.9 cm³/mol. The maximum atomic E-state index is 12.7. The Kier molecular flexibility index (Phi) is 4.14. The van der Waals surface area contributed by atoms with Crippen LogP contribution >= 0.6 is 15.9 Å². The van der Waals surface area contributed by atoms with Crippen LogP contribution in [0.15, 0.2) is 22.7 Å². The van der Waals surface area contributed by atoms with Gasteiger partial charge in [-0.1, -0.05) is 29.8 Å². The fraction of sp³-hybridized carbons (Fsp3) is 0.556. The third-order valence-electron chi connectivity index (χ3n) is 4.13. The van der Waals surface area contributed by atoms with Crippen LogP contribution in [-0.2, 0) is 4.74 Å². The highest BCUT2D eigenvalue weighted by Crippen LogP contribution is 2.42. The highest BCUT2D eigenvalue weighted by Gasteiger charge is 2.43. The van der Waals surface area contributed by atoms with E-state index in [9.17, 15) is 4.79 Å². The summed E-state index contributed by atoms with van der Waals surface area (Å²) < 4.78 is 6.60. The van der Waals surface area contributed by atoms with Crippen molar-refractivity contribution < 1.29 is 9.53 Å². The molecule has 1 aliphatic rings. The first-order valence-electron chi connectivity index (χ1n) is 8.19. The van der Waals surface area contributed by atoms with Gasteiger partial charge in [0.15, 0.2) is 0 Å². The minimum atomic E-state index is -0.507. The molecule has 1 amide bonds. The van der Waals surface area contributed by atoms with Crippen molar-refractivity contribution in [1.82, 2.24) is 14.9 Å². The zero-order valence-corrected chi connectivity index (χ0v) is 16.4. The molecule has 0 spiro atoms. The molecule has 0 radical (unpaired) electrons. The number of nitrogens with zero attached hydrogens (tertiary/aromatic N) is 2. The zero-order valence-electron chi connectivity index (χ0n) is 14.8. The van der Waals surface area contributed by atoms with E-state index >= 15 is 0 Å². The highest BCUT2D eigenvalue weighted by atomic mass is 79.9. The van der Waals surface area contributed by atoms with E-state index in [4.69, 9.17) is 9.72 Å². The van der Waals surface area contributed by atoms with Gasteiger partial charge in [-0.05, 0) is 50.8 Å². The van der Waals surface area contributed by atoms with Crippen LogP contribution < -0.4 is 0 Å². The van der Waals surface area contributed by atoms with E-state index in [2.05, 4.69) is 34.8 Å². The minimum Gasteiger partial charge on any atom is -0.444 e. The van der Waals surface area contributed by atoms with E-state index in [0.29, 0.717) is 6.54 Å². The standard InChI is InChI=1S/C18H24BrN3O2/c1-17(2,3)24-16(23)22-10-18(4,5)9-14(22)15-20-12-7-6-11(19)8-13(12)21-15/h6-8,14H,9-10H2,1-5H3,(H,20,21)/t14-/m0/s1. The Hall–Kier alpha value is -1.56. The second-order valence-electron chi connectivity index (χ2n) is 8.28. The first-order valence-corrected chi connectivity index (χ1v) is 8.98. The summed E-state index contributed by atoms with van der Waals surface area (Å²) in [4.78, 5) is 22.5. The van der Waals surface area contributed by atoms with Crippen LogP contribution in [-0.4, -0.2) is 33.1 Å². The lowest BCUT2D eigenvalue weighted by Crippen LogP contribution is -2.37. The molecule has 1 aliphatic heterocycles. The molecule has 3 rings (SSSR count). The first-order chi connectivity index (χ1) is 11.0. The van der Waals surface area contributed by atoms with Gasteiger partial charge in [-0.15, -0.1) is 0 Å². The number of likely N-dealkylation sites (tertiary alicyclic amines) is 1. The molecule has 1 aromatic heterocycles. The second-order valence-corrected chi connectivity index (χ2v) is 9.19. The molecule has 0 bridgehead atoms. The van der Waals surface area contributed by atoms with E-state index in [0.717, 1.165) is 27.8 Å². The summed E-state index contributed by atoms with van der Waals surface area (Å²) in [5.41, 5.74) is 1.39. The number of aromatic amines is 1. The van der Waals surface area contributed by atoms with Crippen molar-refractivity contribution in [1.29, 1.82) is 0 Å². The van der Waals surface area contributed by atoms with Gasteiger partial charge in [0.2, 0.25) is 0 Å². The SMILES string of the molecule is CC1(C)C[C@@H](c2nc3ccc(Br)cc3[nH]2)N(C(=O)OC(C)(C)C)C1. The van der Waals surface area contributed by atoms with Gasteiger partial charge < -0.3 is 9.72 Å². The smallest absolute Gasteiger partial charge is 0.410 e. The molecule has 0 aliphatic carbocycles. The van der Waals surface area contributed by atoms with Gasteiger partial charge in [-0.2, -0.15) is 0 Å². The molecule has 5 nitrogen and oxygen atoms in total. The number of hydrogen-bond donors (Lipinski definition) is 1. The van der Waals surface area contributed by atoms with E-state index in [1.54, 1.807) is 4.90 Å². The number of benzene rings is 1. The zero-order chi connectivity index (χ0) is 17.7. The number of rotatable bonds is 1. The van der Waals surface area contributed by atoms with Crippen LogP contribution in [0.25, 0.3) is 11.0 Å². The average molecular weight is 394 g/mol. The summed E-state index contributed by atoms with van der Waals surface area (Å²) in [6.45, 7) is 10.7. The third kappa shape index (κ3) is 3.58. The van der Waals surface area contributed by atoms with Crippen LogP contribution in [0.3, 0.4) is 0 Å². The van der Waals surface area contributed by atoms with Gasteiger partial charge in [-0.25, -0.2) is 9.78 Å². The summed E-state index contributed by atoms with van der Waals surface area (Å²) in [5.74, 6) is 0.819. The Morgan fingerprint density at radius 3 is 2.79 bits per heavy atom. The molecule has 0 saturated carbocycles. The molecule has 0 unspecified atom stereocenters. The number of carbonyl (C=O) groups excluding carboxylic acids is 1. The molecule has 2 heterocycles. The molecule has 1 aromatic carbocycles. The molecule has 1 N–H and O–H groups in total. The van der Waals surface area contributed by atoms with Crippen LogP contribution in [0, 0.1) is 5.41 Å². The Morgan fingerprint density at radius 1 is 1.42 bits per heavy atom. The average Bonchev–Trinajstić information content (AvgIpc) is 2.96. The number of ether oxygens (including phenoxy) is 1. The lowest BCUT2D eigenvalue weighted by molar-refractivity contribution is 0.0207. The van der Waals surface area contributed by atoms with E-state index in [-0.39, 0.29) is 17.6 Å². The number of imidazole rings is 1. The van der Waals surface area contributed by atoms with Gasteiger partial charge >= 0.3 is 6.09 Å². The Morgan fingerprint density at radius 2 is 2.12 bits per heavy atom. The molecular weight excluding hydrogens is 370 g/mol. The fourth-order valence-corrected chi connectivity index (χ4v) is 3.55. The quantitative estimate of drug-likeness (QED) is 0.738. The number of hydrogen-bond acceptors (Lipinski definition) is 3. The number of amides is 1. The van der Waals surface area contributed by atoms with Crippen LogP contribution in [0.2, 0.25) is 0 Å². The lowest BCUT2D eigenvalue weighted by atomic mass is 9.90. The van der Waals surface area contributed by atoms with Crippen LogP contribution in [0.1, 0.15) is 52.9 Å². The van der Waals surface area contributed by atoms with Gasteiger partial charge in [0.1, 0.15) is 11.4 Å². The van der Waals surface area contributed by atoms with Crippen molar-refractivity contribution in [3.8, 4) is 0 Å². The summed E-state index contributed by atoms with van der Waals surface area (Å²) in [7, 11) is 0. The largest absolute Gasteiger partial charge is 0.444 e. The summed E-state index contributed by atoms with van der Waals surface area (Å²) in [6, 6.07) is 5.85. The number of aromatic nitrogens is 2. The summed E-state index contributed by atoms with van der Waals surface area (Å²) in [5, 5.41) is 0. The molecule has 1 atom stereocenters. The van der Waals surface area contributed by atoms with Gasteiger partial charge in [-0.3, -0.25) is 4.90 Å². The number of fused-ring (bicyclic) bond motifs is 1. The van der Waals surface area contributed by atoms with Crippen molar-refractivity contribution in [3.05, 3.63) is 28.5 Å². The monoisotopic (exact) mass is 393 g/mol. The van der Waals surface area contributed by atoms with E-state index in [1.165, 1.54) is 0 Å². The molecular formula is C18H24BrN3O2. The van der Waals surface area contributed by atoms with Crippen molar-refractivity contribution >= 4 is 33.1 Å².